The monoisotopic (exact) mass is 317 g/mol. The van der Waals surface area contributed by atoms with Crippen LogP contribution in [0.15, 0.2) is 0 Å². The van der Waals surface area contributed by atoms with Crippen molar-refractivity contribution in [3.8, 4) is 0 Å². The van der Waals surface area contributed by atoms with Crippen LogP contribution < -0.4 is 16.4 Å². The van der Waals surface area contributed by atoms with Crippen LogP contribution in [0, 0.1) is 0 Å². The summed E-state index contributed by atoms with van der Waals surface area (Å²) in [6, 6.07) is -2.83. The van der Waals surface area contributed by atoms with E-state index in [2.05, 4.69) is 10.6 Å². The molecule has 0 rings (SSSR count). The van der Waals surface area contributed by atoms with E-state index >= 15 is 0 Å². The summed E-state index contributed by atoms with van der Waals surface area (Å²) in [7, 11) is 0. The minimum absolute atomic E-state index is 0.137. The summed E-state index contributed by atoms with van der Waals surface area (Å²) in [5, 5.41) is 21.9. The number of carbonyl (C=O) groups is 4. The number of carbonyl (C=O) groups excluding carboxylic acids is 2. The van der Waals surface area contributed by atoms with Crippen molar-refractivity contribution in [2.45, 2.75) is 57.7 Å². The second-order valence-electron chi connectivity index (χ2n) is 5.05. The Labute approximate surface area is 128 Å². The van der Waals surface area contributed by atoms with Crippen LogP contribution in [-0.4, -0.2) is 52.1 Å². The molecular weight excluding hydrogens is 294 g/mol. The van der Waals surface area contributed by atoms with Crippen LogP contribution in [0.1, 0.15) is 39.5 Å². The van der Waals surface area contributed by atoms with Gasteiger partial charge in [-0.25, -0.2) is 0 Å². The highest BCUT2D eigenvalue weighted by Crippen LogP contribution is 2.03. The number of nitrogens with one attached hydrogen (secondary N) is 2. The lowest BCUT2D eigenvalue weighted by molar-refractivity contribution is -0.141. The number of carboxylic acids is 2. The number of rotatable bonds is 10. The highest BCUT2D eigenvalue weighted by Gasteiger charge is 2.20. The highest BCUT2D eigenvalue weighted by molar-refractivity contribution is 5.89. The zero-order valence-electron chi connectivity index (χ0n) is 12.7. The molecule has 0 saturated heterocycles. The van der Waals surface area contributed by atoms with Gasteiger partial charge >= 0.3 is 11.9 Å². The van der Waals surface area contributed by atoms with E-state index in [-0.39, 0.29) is 18.7 Å². The Morgan fingerprint density at radius 1 is 0.955 bits per heavy atom. The van der Waals surface area contributed by atoms with Crippen LogP contribution in [0.5, 0.6) is 0 Å². The first kappa shape index (κ1) is 19.8. The molecule has 6 N–H and O–H groups in total. The van der Waals surface area contributed by atoms with Crippen LogP contribution >= 0.6 is 0 Å². The Balaban J connectivity index is 3.98. The van der Waals surface area contributed by atoms with Crippen molar-refractivity contribution in [2.75, 3.05) is 0 Å². The van der Waals surface area contributed by atoms with Gasteiger partial charge in [0.15, 0.2) is 0 Å². The average Bonchev–Trinajstić information content (AvgIpc) is 2.42. The lowest BCUT2D eigenvalue weighted by Crippen LogP contribution is -2.49. The zero-order chi connectivity index (χ0) is 17.3. The highest BCUT2D eigenvalue weighted by atomic mass is 16.4. The molecule has 0 aliphatic carbocycles. The quantitative estimate of drug-likeness (QED) is 0.325. The third-order valence-electron chi connectivity index (χ3n) is 2.99. The van der Waals surface area contributed by atoms with Gasteiger partial charge in [0.25, 0.3) is 0 Å². The molecule has 0 bridgehead atoms. The van der Waals surface area contributed by atoms with Crippen molar-refractivity contribution in [2.24, 2.45) is 5.73 Å². The Hall–Kier alpha value is -2.16. The normalized spacial score (nSPS) is 14.5. The Morgan fingerprint density at radius 2 is 1.55 bits per heavy atom. The van der Waals surface area contributed by atoms with Crippen molar-refractivity contribution in [1.29, 1.82) is 0 Å². The molecule has 0 radical (unpaired) electrons. The summed E-state index contributed by atoms with van der Waals surface area (Å²) in [6.45, 7) is 2.77. The van der Waals surface area contributed by atoms with E-state index in [1.165, 1.54) is 13.8 Å². The number of hydrogen-bond donors (Lipinski definition) is 5. The van der Waals surface area contributed by atoms with Crippen LogP contribution in [0.25, 0.3) is 0 Å². The van der Waals surface area contributed by atoms with Gasteiger partial charge in [-0.3, -0.25) is 19.2 Å². The molecule has 0 unspecified atom stereocenters. The summed E-state index contributed by atoms with van der Waals surface area (Å²) >= 11 is 0. The SMILES string of the molecule is C[C@@H](NC(=O)[C@@H](C)NC(=O)CCCC[C@@H](N)C(=O)O)C(=O)O. The van der Waals surface area contributed by atoms with Gasteiger partial charge in [-0.15, -0.1) is 0 Å². The first-order valence-corrected chi connectivity index (χ1v) is 6.96. The maximum atomic E-state index is 11.6. The topological polar surface area (TPSA) is 159 Å². The second kappa shape index (κ2) is 9.72. The second-order valence-corrected chi connectivity index (χ2v) is 5.05. The molecule has 3 atom stereocenters. The molecular formula is C13H23N3O6. The summed E-state index contributed by atoms with van der Waals surface area (Å²) < 4.78 is 0. The van der Waals surface area contributed by atoms with Crippen molar-refractivity contribution in [3.63, 3.8) is 0 Å². The summed E-state index contributed by atoms with van der Waals surface area (Å²) in [6.07, 6.45) is 1.34. The van der Waals surface area contributed by atoms with Crippen molar-refractivity contribution < 1.29 is 29.4 Å². The molecule has 0 aliphatic rings. The number of amides is 2. The molecule has 0 saturated carbocycles. The fourth-order valence-corrected chi connectivity index (χ4v) is 1.55. The van der Waals surface area contributed by atoms with Gasteiger partial charge in [-0.1, -0.05) is 6.42 Å². The van der Waals surface area contributed by atoms with E-state index in [0.717, 1.165) is 0 Å². The third-order valence-corrected chi connectivity index (χ3v) is 2.99. The molecule has 0 aromatic heterocycles. The molecule has 0 heterocycles. The van der Waals surface area contributed by atoms with Crippen LogP contribution in [-0.2, 0) is 19.2 Å². The predicted octanol–water partition coefficient (Wildman–Crippen LogP) is -0.947. The molecule has 126 valence electrons. The smallest absolute Gasteiger partial charge is 0.325 e. The van der Waals surface area contributed by atoms with Gasteiger partial charge in [0, 0.05) is 6.42 Å². The first-order valence-electron chi connectivity index (χ1n) is 6.96. The number of hydrogen-bond acceptors (Lipinski definition) is 5. The Morgan fingerprint density at radius 3 is 2.05 bits per heavy atom. The molecule has 0 fully saturated rings. The standard InChI is InChI=1S/C13H23N3O6/c1-7(11(18)16-8(2)12(19)20)15-10(17)6-4-3-5-9(14)13(21)22/h7-9H,3-6,14H2,1-2H3,(H,15,17)(H,16,18)(H,19,20)(H,21,22)/t7-,8-,9-/m1/s1. The minimum Gasteiger partial charge on any atom is -0.480 e. The minimum atomic E-state index is -1.17. The summed E-state index contributed by atoms with van der Waals surface area (Å²) in [5.41, 5.74) is 5.32. The van der Waals surface area contributed by atoms with Crippen LogP contribution in [0.2, 0.25) is 0 Å². The molecule has 0 spiro atoms. The zero-order valence-corrected chi connectivity index (χ0v) is 12.7. The first-order chi connectivity index (χ1) is 10.1. The van der Waals surface area contributed by atoms with Gasteiger partial charge in [-0.05, 0) is 26.7 Å². The molecule has 22 heavy (non-hydrogen) atoms. The molecule has 9 nitrogen and oxygen atoms in total. The number of aliphatic carboxylic acids is 2. The van der Waals surface area contributed by atoms with Gasteiger partial charge in [0.2, 0.25) is 11.8 Å². The van der Waals surface area contributed by atoms with Crippen molar-refractivity contribution in [3.05, 3.63) is 0 Å². The maximum Gasteiger partial charge on any atom is 0.325 e. The largest absolute Gasteiger partial charge is 0.480 e. The third kappa shape index (κ3) is 8.20. The molecule has 0 aliphatic heterocycles. The van der Waals surface area contributed by atoms with Gasteiger partial charge < -0.3 is 26.6 Å². The lowest BCUT2D eigenvalue weighted by Gasteiger charge is -2.16. The molecule has 0 aromatic rings. The van der Waals surface area contributed by atoms with Crippen LogP contribution in [0.3, 0.4) is 0 Å². The summed E-state index contributed by atoms with van der Waals surface area (Å²) in [4.78, 5) is 44.3. The Kier molecular flexibility index (Phi) is 8.76. The fraction of sp³-hybridized carbons (Fsp3) is 0.692. The number of carboxylic acid groups (broad SMARTS) is 2. The fourth-order valence-electron chi connectivity index (χ4n) is 1.55. The predicted molar refractivity (Wildman–Crippen MR) is 76.9 cm³/mol. The molecule has 9 heteroatoms. The van der Waals surface area contributed by atoms with Crippen molar-refractivity contribution >= 4 is 23.8 Å². The van der Waals surface area contributed by atoms with E-state index in [9.17, 15) is 19.2 Å². The summed E-state index contributed by atoms with van der Waals surface area (Å²) in [5.74, 6) is -3.20. The Bertz CT molecular complexity index is 426. The molecule has 0 aromatic carbocycles. The number of nitrogens with two attached hydrogens (primary N) is 1. The van der Waals surface area contributed by atoms with Crippen molar-refractivity contribution in [1.82, 2.24) is 10.6 Å². The average molecular weight is 317 g/mol. The van der Waals surface area contributed by atoms with E-state index < -0.39 is 36.0 Å². The maximum absolute atomic E-state index is 11.6. The van der Waals surface area contributed by atoms with Gasteiger partial charge in [0.1, 0.15) is 18.1 Å². The van der Waals surface area contributed by atoms with Gasteiger partial charge in [0.05, 0.1) is 0 Å². The van der Waals surface area contributed by atoms with E-state index in [1.54, 1.807) is 0 Å². The van der Waals surface area contributed by atoms with E-state index in [0.29, 0.717) is 12.8 Å². The van der Waals surface area contributed by atoms with E-state index in [1.807, 2.05) is 0 Å². The lowest BCUT2D eigenvalue weighted by atomic mass is 10.1. The van der Waals surface area contributed by atoms with E-state index in [4.69, 9.17) is 15.9 Å². The van der Waals surface area contributed by atoms with Crippen LogP contribution in [0.4, 0.5) is 0 Å². The molecule has 2 amide bonds. The number of unbranched alkanes of at least 4 members (excludes halogenated alkanes) is 1. The van der Waals surface area contributed by atoms with Gasteiger partial charge in [-0.2, -0.15) is 0 Å².